The van der Waals surface area contributed by atoms with Crippen LogP contribution >= 0.6 is 0 Å². The van der Waals surface area contributed by atoms with Crippen molar-refractivity contribution in [1.82, 2.24) is 0 Å². The molecule has 18 atom stereocenters. The molecule has 0 amide bonds. The number of carbonyl (C=O) groups is 1. The van der Waals surface area contributed by atoms with Crippen LogP contribution in [0.1, 0.15) is 89.9 Å². The van der Waals surface area contributed by atoms with Crippen molar-refractivity contribution in [3.63, 3.8) is 0 Å². The van der Waals surface area contributed by atoms with Crippen LogP contribution in [0.5, 0.6) is 0 Å². The Morgan fingerprint density at radius 1 is 0.815 bits per heavy atom. The Balaban J connectivity index is 0.979. The molecular weight excluding hydrogens is 694 g/mol. The van der Waals surface area contributed by atoms with E-state index in [-0.39, 0.29) is 122 Å². The second-order valence-electron chi connectivity index (χ2n) is 17.4. The Morgan fingerprint density at radius 2 is 1.59 bits per heavy atom. The van der Waals surface area contributed by atoms with Crippen LogP contribution in [0.2, 0.25) is 0 Å². The van der Waals surface area contributed by atoms with Gasteiger partial charge in [-0.1, -0.05) is 19.1 Å². The van der Waals surface area contributed by atoms with Gasteiger partial charge in [0.2, 0.25) is 0 Å². The summed E-state index contributed by atoms with van der Waals surface area (Å²) in [4.78, 5) is 14.1. The van der Waals surface area contributed by atoms with Crippen molar-refractivity contribution in [3.05, 3.63) is 24.3 Å². The number of hydrogen-bond donors (Lipinski definition) is 1. The Hall–Kier alpha value is -1.73. The van der Waals surface area contributed by atoms with Gasteiger partial charge in [-0.2, -0.15) is 0 Å². The molecule has 10 fully saturated rings. The lowest BCUT2D eigenvalue weighted by atomic mass is 9.83. The number of fused-ring (bicyclic) bond motifs is 6. The maximum atomic E-state index is 14.1. The van der Waals surface area contributed by atoms with Crippen molar-refractivity contribution in [2.75, 3.05) is 20.3 Å². The van der Waals surface area contributed by atoms with Gasteiger partial charge in [-0.25, -0.2) is 0 Å². The zero-order chi connectivity index (χ0) is 37.1. The lowest BCUT2D eigenvalue weighted by Crippen LogP contribution is -2.61. The summed E-state index contributed by atoms with van der Waals surface area (Å²) in [7, 11) is 1.69. The van der Waals surface area contributed by atoms with Crippen LogP contribution in [0.15, 0.2) is 24.3 Å². The first-order valence-corrected chi connectivity index (χ1v) is 20.7. The molecule has 10 heterocycles. The molecular formula is C42H59NO11. The van der Waals surface area contributed by atoms with Gasteiger partial charge in [0.25, 0.3) is 0 Å². The third-order valence-electron chi connectivity index (χ3n) is 13.9. The largest absolute Gasteiger partial charge is 0.378 e. The fourth-order valence-corrected chi connectivity index (χ4v) is 11.3. The molecule has 10 aliphatic rings. The Bertz CT molecular complexity index is 1470. The van der Waals surface area contributed by atoms with E-state index in [0.29, 0.717) is 38.6 Å². The Kier molecular flexibility index (Phi) is 10.9. The average molecular weight is 754 g/mol. The van der Waals surface area contributed by atoms with Crippen LogP contribution in [0.4, 0.5) is 0 Å². The molecule has 298 valence electrons. The first-order chi connectivity index (χ1) is 26.2. The van der Waals surface area contributed by atoms with E-state index in [0.717, 1.165) is 62.5 Å². The number of nitrogens with two attached hydrogens (primary N) is 1. The minimum Gasteiger partial charge on any atom is -0.378 e. The zero-order valence-electron chi connectivity index (χ0n) is 31.7. The summed E-state index contributed by atoms with van der Waals surface area (Å²) in [6, 6.07) is 0. The number of carbonyl (C=O) groups excluding carboxylic acids is 1. The highest BCUT2D eigenvalue weighted by atomic mass is 16.8. The molecule has 0 aromatic heterocycles. The van der Waals surface area contributed by atoms with E-state index >= 15 is 0 Å². The van der Waals surface area contributed by atoms with Crippen molar-refractivity contribution in [2.24, 2.45) is 11.7 Å². The predicted octanol–water partition coefficient (Wildman–Crippen LogP) is 3.85. The number of methoxy groups -OCH3 is 1. The molecule has 0 saturated carbocycles. The molecule has 0 radical (unpaired) electrons. The van der Waals surface area contributed by atoms with Crippen LogP contribution in [-0.4, -0.2) is 129 Å². The third-order valence-corrected chi connectivity index (χ3v) is 13.9. The van der Waals surface area contributed by atoms with Crippen LogP contribution in [0, 0.1) is 18.3 Å². The van der Waals surface area contributed by atoms with E-state index in [1.165, 1.54) is 0 Å². The molecule has 1 spiro atoms. The smallest absolute Gasteiger partial charge is 0.172 e. The van der Waals surface area contributed by atoms with Gasteiger partial charge in [0.1, 0.15) is 42.9 Å². The highest BCUT2D eigenvalue weighted by Crippen LogP contribution is 2.54. The molecule has 0 aromatic rings. The normalized spacial score (nSPS) is 49.3. The summed E-state index contributed by atoms with van der Waals surface area (Å²) >= 11 is 0. The molecule has 10 aliphatic heterocycles. The van der Waals surface area contributed by atoms with Gasteiger partial charge in [0.15, 0.2) is 5.79 Å². The van der Waals surface area contributed by atoms with Gasteiger partial charge in [0, 0.05) is 58.1 Å². The van der Waals surface area contributed by atoms with E-state index in [1.54, 1.807) is 7.11 Å². The number of hydrogen-bond acceptors (Lipinski definition) is 12. The number of ether oxygens (including phenoxy) is 10. The minimum atomic E-state index is -0.779. The monoisotopic (exact) mass is 753 g/mol. The zero-order valence-corrected chi connectivity index (χ0v) is 31.7. The highest BCUT2D eigenvalue weighted by molar-refractivity contribution is 5.79. The van der Waals surface area contributed by atoms with Gasteiger partial charge in [-0.05, 0) is 62.5 Å². The fraction of sp³-hybridized carbons (Fsp3) is 0.833. The number of Topliss-reactive ketones (excluding diaryl/α,β-unsaturated/α-hetero) is 1. The van der Waals surface area contributed by atoms with Gasteiger partial charge in [-0.15, -0.1) is 6.42 Å². The molecule has 10 saturated heterocycles. The fourth-order valence-electron chi connectivity index (χ4n) is 11.3. The van der Waals surface area contributed by atoms with Crippen LogP contribution in [0.25, 0.3) is 0 Å². The van der Waals surface area contributed by atoms with Gasteiger partial charge >= 0.3 is 0 Å². The minimum absolute atomic E-state index is 0.00844. The molecule has 2 N–H and O–H groups in total. The average Bonchev–Trinajstić information content (AvgIpc) is 3.84. The quantitative estimate of drug-likeness (QED) is 0.312. The molecule has 0 aromatic carbocycles. The van der Waals surface area contributed by atoms with Crippen LogP contribution < -0.4 is 5.73 Å². The first-order valence-electron chi connectivity index (χ1n) is 20.7. The Morgan fingerprint density at radius 3 is 2.43 bits per heavy atom. The maximum absolute atomic E-state index is 14.1. The lowest BCUT2D eigenvalue weighted by molar-refractivity contribution is -0.292. The van der Waals surface area contributed by atoms with E-state index < -0.39 is 5.79 Å². The summed E-state index contributed by atoms with van der Waals surface area (Å²) in [6.45, 7) is 9.32. The molecule has 10 rings (SSSR count). The van der Waals surface area contributed by atoms with E-state index in [1.807, 2.05) is 0 Å². The van der Waals surface area contributed by atoms with E-state index in [9.17, 15) is 4.79 Å². The molecule has 54 heavy (non-hydrogen) atoms. The van der Waals surface area contributed by atoms with Crippen molar-refractivity contribution in [1.29, 1.82) is 0 Å². The molecule has 12 unspecified atom stereocenters. The van der Waals surface area contributed by atoms with Crippen molar-refractivity contribution in [3.8, 4) is 12.3 Å². The number of terminal acetylenes is 1. The molecule has 0 aliphatic carbocycles. The van der Waals surface area contributed by atoms with Crippen LogP contribution in [0.3, 0.4) is 0 Å². The Labute approximate surface area is 319 Å². The SMILES string of the molecule is C#CCOC(CN)CC1OC2C[C@H]3OC(CCC3=C)CC[C@@H]3OC(CC[C@@]45CC6OC7C(O4)[C@H]4OC(CCC4O[C@H]7C6O5)CC(=O)CC2[C@H]1OC)CC3=C. The van der Waals surface area contributed by atoms with Crippen molar-refractivity contribution < 1.29 is 52.2 Å². The summed E-state index contributed by atoms with van der Waals surface area (Å²) in [5.74, 6) is 1.68. The molecule has 12 heteroatoms. The van der Waals surface area contributed by atoms with E-state index in [2.05, 4.69) is 19.1 Å². The highest BCUT2D eigenvalue weighted by Gasteiger charge is 2.68. The summed E-state index contributed by atoms with van der Waals surface area (Å²) < 4.78 is 66.2. The first kappa shape index (κ1) is 37.8. The number of ketones is 1. The number of rotatable bonds is 6. The third kappa shape index (κ3) is 7.19. The molecule has 12 bridgehead atoms. The van der Waals surface area contributed by atoms with Crippen molar-refractivity contribution >= 4 is 5.78 Å². The standard InChI is InChI=1S/C42H59NO11/c1-5-14-46-28(21-43)18-34-36(45-4)29-17-24(44)16-26-9-11-31-37(49-26)41-40-39(51-31)38-35(52-40)20-42(53-38,54-41)13-12-27-15-23(3)30(48-27)10-8-25-7-6-22(2)32(47-25)19-33(29)50-34/h1,25-41H,2-3,6-21,43H2,4H3/t25?,26?,27?,28?,29?,30-,31?,32+,33?,34?,35?,36+,37-,38?,39-,40?,41?,42-/m0/s1. The van der Waals surface area contributed by atoms with Gasteiger partial charge in [0.05, 0.1) is 67.1 Å². The lowest BCUT2D eigenvalue weighted by Gasteiger charge is -2.47. The summed E-state index contributed by atoms with van der Waals surface area (Å²) in [5, 5.41) is 0. The van der Waals surface area contributed by atoms with Gasteiger partial charge in [-0.3, -0.25) is 4.79 Å². The maximum Gasteiger partial charge on any atom is 0.172 e. The molecule has 12 nitrogen and oxygen atoms in total. The second-order valence-corrected chi connectivity index (χ2v) is 17.4. The summed E-state index contributed by atoms with van der Waals surface area (Å²) in [5.41, 5.74) is 8.30. The van der Waals surface area contributed by atoms with Gasteiger partial charge < -0.3 is 53.1 Å². The predicted molar refractivity (Wildman–Crippen MR) is 194 cm³/mol. The topological polar surface area (TPSA) is 135 Å². The van der Waals surface area contributed by atoms with E-state index in [4.69, 9.17) is 59.5 Å². The van der Waals surface area contributed by atoms with Crippen molar-refractivity contribution in [2.45, 2.75) is 193 Å². The second kappa shape index (κ2) is 15.6. The summed E-state index contributed by atoms with van der Waals surface area (Å²) in [6.07, 6.45) is 12.1. The van der Waals surface area contributed by atoms with Crippen LogP contribution in [-0.2, 0) is 52.2 Å².